The fraction of sp³-hybridized carbons (Fsp3) is 0.222. The van der Waals surface area contributed by atoms with Crippen LogP contribution in [0, 0.1) is 0 Å². The van der Waals surface area contributed by atoms with Gasteiger partial charge in [-0.3, -0.25) is 0 Å². The van der Waals surface area contributed by atoms with Crippen molar-refractivity contribution < 1.29 is 24.5 Å². The Labute approximate surface area is 134 Å². The molecule has 2 rings (SSSR count). The van der Waals surface area contributed by atoms with Crippen molar-refractivity contribution in [3.63, 3.8) is 0 Å². The quantitative estimate of drug-likeness (QED) is 0.793. The lowest BCUT2D eigenvalue weighted by molar-refractivity contribution is 0.0268. The fourth-order valence-corrected chi connectivity index (χ4v) is 2.31. The maximum Gasteiger partial charge on any atom is 0.338 e. The molecule has 0 spiro atoms. The minimum Gasteiger partial charge on any atom is -0.508 e. The van der Waals surface area contributed by atoms with Gasteiger partial charge in [0.25, 0.3) is 0 Å². The summed E-state index contributed by atoms with van der Waals surface area (Å²) in [6.45, 7) is 1.94. The molecule has 2 aromatic rings. The molecule has 0 amide bonds. The second-order valence-corrected chi connectivity index (χ2v) is 5.12. The number of aromatic hydroxyl groups is 1. The molecule has 0 aliphatic carbocycles. The zero-order valence-corrected chi connectivity index (χ0v) is 12.7. The number of ether oxygens (including phenoxy) is 1. The van der Waals surface area contributed by atoms with Gasteiger partial charge in [0.2, 0.25) is 0 Å². The van der Waals surface area contributed by atoms with Crippen LogP contribution in [-0.2, 0) is 4.74 Å². The van der Waals surface area contributed by atoms with Crippen LogP contribution in [0.1, 0.15) is 52.1 Å². The van der Waals surface area contributed by atoms with Gasteiger partial charge in [0.05, 0.1) is 11.1 Å². The molecule has 2 aromatic carbocycles. The highest BCUT2D eigenvalue weighted by molar-refractivity contribution is 5.91. The molecule has 0 radical (unpaired) electrons. The van der Waals surface area contributed by atoms with Gasteiger partial charge < -0.3 is 14.9 Å². The number of benzene rings is 2. The van der Waals surface area contributed by atoms with Gasteiger partial charge in [0, 0.05) is 5.56 Å². The first-order valence-corrected chi connectivity index (χ1v) is 7.35. The average molecular weight is 314 g/mol. The zero-order valence-electron chi connectivity index (χ0n) is 12.7. The molecule has 0 bridgehead atoms. The summed E-state index contributed by atoms with van der Waals surface area (Å²) in [5, 5.41) is 18.6. The Hall–Kier alpha value is -2.82. The van der Waals surface area contributed by atoms with E-state index in [1.54, 1.807) is 18.2 Å². The Morgan fingerprint density at radius 2 is 1.74 bits per heavy atom. The molecule has 0 aliphatic heterocycles. The van der Waals surface area contributed by atoms with Gasteiger partial charge in [-0.2, -0.15) is 0 Å². The topological polar surface area (TPSA) is 83.8 Å². The number of carboxylic acids is 1. The smallest absolute Gasteiger partial charge is 0.338 e. The predicted octanol–water partition coefficient (Wildman–Crippen LogP) is 3.79. The lowest BCUT2D eigenvalue weighted by Crippen LogP contribution is -2.15. The number of phenolic OH excluding ortho intramolecular Hbond substituents is 1. The molecule has 5 nitrogen and oxygen atoms in total. The normalized spacial score (nSPS) is 11.7. The van der Waals surface area contributed by atoms with Gasteiger partial charge in [0.15, 0.2) is 0 Å². The molecule has 120 valence electrons. The molecule has 0 aliphatic rings. The van der Waals surface area contributed by atoms with Crippen LogP contribution < -0.4 is 0 Å². The number of esters is 1. The second-order valence-electron chi connectivity index (χ2n) is 5.12. The summed E-state index contributed by atoms with van der Waals surface area (Å²) in [5.41, 5.74) is 0.912. The zero-order chi connectivity index (χ0) is 16.8. The summed E-state index contributed by atoms with van der Waals surface area (Å²) in [4.78, 5) is 23.6. The molecule has 0 heterocycles. The van der Waals surface area contributed by atoms with Crippen molar-refractivity contribution in [1.29, 1.82) is 0 Å². The molecular formula is C18H18O5. The Morgan fingerprint density at radius 3 is 2.35 bits per heavy atom. The molecule has 23 heavy (non-hydrogen) atoms. The lowest BCUT2D eigenvalue weighted by Gasteiger charge is -2.19. The summed E-state index contributed by atoms with van der Waals surface area (Å²) >= 11 is 0. The van der Waals surface area contributed by atoms with Crippen LogP contribution in [0.3, 0.4) is 0 Å². The van der Waals surface area contributed by atoms with Crippen LogP contribution in [0.4, 0.5) is 0 Å². The summed E-state index contributed by atoms with van der Waals surface area (Å²) in [7, 11) is 0. The van der Waals surface area contributed by atoms with Gasteiger partial charge in [-0.25, -0.2) is 9.59 Å². The van der Waals surface area contributed by atoms with E-state index in [2.05, 4.69) is 0 Å². The SMILES string of the molecule is CCCC(OC(=O)c1ccc(O)cc1)c1ccccc1C(=O)O. The van der Waals surface area contributed by atoms with Gasteiger partial charge in [-0.1, -0.05) is 31.5 Å². The number of phenols is 1. The third-order valence-corrected chi connectivity index (χ3v) is 3.44. The van der Waals surface area contributed by atoms with Crippen LogP contribution in [0.5, 0.6) is 5.75 Å². The fourth-order valence-electron chi connectivity index (χ4n) is 2.31. The van der Waals surface area contributed by atoms with Crippen LogP contribution >= 0.6 is 0 Å². The molecular weight excluding hydrogens is 296 g/mol. The van der Waals surface area contributed by atoms with E-state index < -0.39 is 18.0 Å². The van der Waals surface area contributed by atoms with Crippen LogP contribution in [0.2, 0.25) is 0 Å². The average Bonchev–Trinajstić information content (AvgIpc) is 2.55. The Bertz CT molecular complexity index is 691. The van der Waals surface area contributed by atoms with Crippen molar-refractivity contribution in [2.45, 2.75) is 25.9 Å². The third kappa shape index (κ3) is 4.10. The first-order valence-electron chi connectivity index (χ1n) is 7.35. The van der Waals surface area contributed by atoms with Gasteiger partial charge in [0.1, 0.15) is 11.9 Å². The highest BCUT2D eigenvalue weighted by Crippen LogP contribution is 2.27. The highest BCUT2D eigenvalue weighted by atomic mass is 16.5. The summed E-state index contributed by atoms with van der Waals surface area (Å²) in [6, 6.07) is 12.2. The molecule has 0 fully saturated rings. The van der Waals surface area contributed by atoms with E-state index in [1.807, 2.05) is 6.92 Å². The number of carbonyl (C=O) groups excluding carboxylic acids is 1. The first kappa shape index (κ1) is 16.5. The second kappa shape index (κ2) is 7.45. The predicted molar refractivity (Wildman–Crippen MR) is 84.6 cm³/mol. The highest BCUT2D eigenvalue weighted by Gasteiger charge is 2.22. The van der Waals surface area contributed by atoms with Crippen LogP contribution in [0.25, 0.3) is 0 Å². The molecule has 0 aromatic heterocycles. The van der Waals surface area contributed by atoms with Crippen LogP contribution in [-0.4, -0.2) is 22.2 Å². The minimum absolute atomic E-state index is 0.0582. The number of carbonyl (C=O) groups is 2. The Morgan fingerprint density at radius 1 is 1.09 bits per heavy atom. The molecule has 1 atom stereocenters. The molecule has 5 heteroatoms. The number of aromatic carboxylic acids is 1. The molecule has 2 N–H and O–H groups in total. The summed E-state index contributed by atoms with van der Waals surface area (Å²) in [6.07, 6.45) is 0.629. The minimum atomic E-state index is -1.05. The van der Waals surface area contributed by atoms with E-state index >= 15 is 0 Å². The number of hydrogen-bond donors (Lipinski definition) is 2. The van der Waals surface area contributed by atoms with Crippen molar-refractivity contribution in [2.75, 3.05) is 0 Å². The van der Waals surface area contributed by atoms with Crippen molar-refractivity contribution in [1.82, 2.24) is 0 Å². The summed E-state index contributed by atoms with van der Waals surface area (Å²) in [5.74, 6) is -1.55. The van der Waals surface area contributed by atoms with E-state index in [9.17, 15) is 19.8 Å². The summed E-state index contributed by atoms with van der Waals surface area (Å²) < 4.78 is 5.51. The van der Waals surface area contributed by atoms with Gasteiger partial charge in [-0.05, 0) is 36.8 Å². The van der Waals surface area contributed by atoms with E-state index in [0.717, 1.165) is 6.42 Å². The van der Waals surface area contributed by atoms with Crippen molar-refractivity contribution in [3.8, 4) is 5.75 Å². The van der Waals surface area contributed by atoms with Crippen molar-refractivity contribution >= 4 is 11.9 Å². The number of hydrogen-bond acceptors (Lipinski definition) is 4. The Kier molecular flexibility index (Phi) is 5.36. The lowest BCUT2D eigenvalue weighted by atomic mass is 9.99. The van der Waals surface area contributed by atoms with E-state index in [1.165, 1.54) is 30.3 Å². The maximum absolute atomic E-state index is 12.2. The van der Waals surface area contributed by atoms with Crippen molar-refractivity contribution in [2.24, 2.45) is 0 Å². The van der Waals surface area contributed by atoms with Crippen LogP contribution in [0.15, 0.2) is 48.5 Å². The molecule has 1 unspecified atom stereocenters. The van der Waals surface area contributed by atoms with Gasteiger partial charge in [-0.15, -0.1) is 0 Å². The van der Waals surface area contributed by atoms with E-state index in [-0.39, 0.29) is 11.3 Å². The molecule has 0 saturated heterocycles. The number of rotatable bonds is 6. The monoisotopic (exact) mass is 314 g/mol. The standard InChI is InChI=1S/C18H18O5/c1-2-5-16(14-6-3-4-7-15(14)17(20)21)23-18(22)12-8-10-13(19)11-9-12/h3-4,6-11,16,19H,2,5H2,1H3,(H,20,21). The largest absolute Gasteiger partial charge is 0.508 e. The third-order valence-electron chi connectivity index (χ3n) is 3.44. The maximum atomic E-state index is 12.2. The number of carboxylic acid groups (broad SMARTS) is 1. The molecule has 0 saturated carbocycles. The van der Waals surface area contributed by atoms with Gasteiger partial charge >= 0.3 is 11.9 Å². The van der Waals surface area contributed by atoms with E-state index in [4.69, 9.17) is 4.74 Å². The first-order chi connectivity index (χ1) is 11.0. The Balaban J connectivity index is 2.27. The van der Waals surface area contributed by atoms with Crippen molar-refractivity contribution in [3.05, 3.63) is 65.2 Å². The van der Waals surface area contributed by atoms with E-state index in [0.29, 0.717) is 17.5 Å².